The number of hydrogen-bond donors (Lipinski definition) is 1. The van der Waals surface area contributed by atoms with Gasteiger partial charge in [-0.2, -0.15) is 20.9 Å². The molecule has 0 aliphatic heterocycles. The van der Waals surface area contributed by atoms with E-state index in [1.807, 2.05) is 6.07 Å². The average Bonchev–Trinajstić information content (AvgIpc) is 2.93. The van der Waals surface area contributed by atoms with Gasteiger partial charge in [-0.3, -0.25) is 0 Å². The number of rotatable bonds is 7. The second-order valence-corrected chi connectivity index (χ2v) is 7.08. The summed E-state index contributed by atoms with van der Waals surface area (Å²) in [7, 11) is 0. The highest BCUT2D eigenvalue weighted by atomic mass is 16.6. The molecule has 9 heteroatoms. The molecule has 2 N–H and O–H groups in total. The number of allylic oxidation sites excluding steroid dienone is 2. The fraction of sp³-hybridized carbons (Fsp3) is 0.526. The summed E-state index contributed by atoms with van der Waals surface area (Å²) in [6.45, 7) is 8.66. The molecule has 28 heavy (non-hydrogen) atoms. The van der Waals surface area contributed by atoms with Crippen molar-refractivity contribution in [3.05, 3.63) is 22.6 Å². The number of aromatic nitrogens is 2. The monoisotopic (exact) mass is 384 g/mol. The zero-order valence-electron chi connectivity index (χ0n) is 16.7. The number of esters is 1. The van der Waals surface area contributed by atoms with E-state index in [0.717, 1.165) is 0 Å². The van der Waals surface area contributed by atoms with Gasteiger partial charge in [-0.15, -0.1) is 0 Å². The minimum Gasteiger partial charge on any atom is -0.496 e. The summed E-state index contributed by atoms with van der Waals surface area (Å²) < 4.78 is 12.0. The molecule has 0 aliphatic rings. The lowest BCUT2D eigenvalue weighted by Gasteiger charge is -2.22. The molecular formula is C19H24N6O3. The maximum atomic E-state index is 12.3. The molecule has 0 saturated carbocycles. The van der Waals surface area contributed by atoms with E-state index in [1.54, 1.807) is 39.8 Å². The van der Waals surface area contributed by atoms with Crippen molar-refractivity contribution in [2.45, 2.75) is 59.1 Å². The van der Waals surface area contributed by atoms with Crippen LogP contribution in [-0.4, -0.2) is 28.0 Å². The summed E-state index contributed by atoms with van der Waals surface area (Å²) in [5, 5.41) is 31.3. The number of carbonyl (C=O) groups is 1. The number of aryl methyl sites for hydroxylation is 1. The van der Waals surface area contributed by atoms with Crippen LogP contribution in [0.5, 0.6) is 0 Å². The zero-order chi connectivity index (χ0) is 21.5. The largest absolute Gasteiger partial charge is 0.496 e. The molecule has 9 nitrogen and oxygen atoms in total. The van der Waals surface area contributed by atoms with Crippen LogP contribution in [0.25, 0.3) is 0 Å². The first-order valence-electron chi connectivity index (χ1n) is 8.69. The van der Waals surface area contributed by atoms with Crippen LogP contribution in [0.2, 0.25) is 0 Å². The van der Waals surface area contributed by atoms with Gasteiger partial charge in [0, 0.05) is 0 Å². The summed E-state index contributed by atoms with van der Waals surface area (Å²) in [5.74, 6) is -0.152. The fourth-order valence-corrected chi connectivity index (χ4v) is 2.29. The molecule has 1 heterocycles. The lowest BCUT2D eigenvalue weighted by molar-refractivity contribution is -0.158. The molecule has 148 valence electrons. The Morgan fingerprint density at radius 3 is 2.39 bits per heavy atom. The Hall–Kier alpha value is -3.51. The number of nitrogens with zero attached hydrogens (tertiary/aromatic N) is 5. The predicted octanol–water partition coefficient (Wildman–Crippen LogP) is 2.51. The number of nitrogen functional groups attached to an aromatic ring is 1. The molecule has 0 aromatic carbocycles. The summed E-state index contributed by atoms with van der Waals surface area (Å²) in [5.41, 5.74) is 5.92. The third-order valence-electron chi connectivity index (χ3n) is 3.70. The van der Waals surface area contributed by atoms with Crippen LogP contribution < -0.4 is 5.73 Å². The summed E-state index contributed by atoms with van der Waals surface area (Å²) in [6, 6.07) is 4.74. The van der Waals surface area contributed by atoms with E-state index in [0.29, 0.717) is 18.5 Å². The third-order valence-corrected chi connectivity index (χ3v) is 3.70. The SMILES string of the molecule is CC(OCCCc1nn(C(C)C(=O)OC(C)(C)C)c(N)c1C#N)=C(C#N)C#N. The first-order valence-corrected chi connectivity index (χ1v) is 8.69. The normalized spacial score (nSPS) is 11.5. The molecular weight excluding hydrogens is 360 g/mol. The molecule has 0 amide bonds. The number of ether oxygens (including phenoxy) is 2. The predicted molar refractivity (Wildman–Crippen MR) is 100 cm³/mol. The van der Waals surface area contributed by atoms with Crippen molar-refractivity contribution in [3.8, 4) is 18.2 Å². The van der Waals surface area contributed by atoms with E-state index in [1.165, 1.54) is 11.6 Å². The lowest BCUT2D eigenvalue weighted by Crippen LogP contribution is -2.30. The Morgan fingerprint density at radius 1 is 1.29 bits per heavy atom. The van der Waals surface area contributed by atoms with Crippen molar-refractivity contribution in [1.29, 1.82) is 15.8 Å². The smallest absolute Gasteiger partial charge is 0.331 e. The minimum atomic E-state index is -0.782. The molecule has 1 aromatic heterocycles. The minimum absolute atomic E-state index is 0.0857. The Labute approximate surface area is 164 Å². The van der Waals surface area contributed by atoms with Crippen LogP contribution >= 0.6 is 0 Å². The van der Waals surface area contributed by atoms with Gasteiger partial charge in [0.05, 0.1) is 12.3 Å². The highest BCUT2D eigenvalue weighted by molar-refractivity contribution is 5.75. The number of nitriles is 3. The molecule has 0 bridgehead atoms. The van der Waals surface area contributed by atoms with Crippen LogP contribution in [-0.2, 0) is 20.7 Å². The third kappa shape index (κ3) is 5.75. The first-order chi connectivity index (χ1) is 13.1. The molecule has 0 aliphatic carbocycles. The quantitative estimate of drug-likeness (QED) is 0.326. The number of hydrogen-bond acceptors (Lipinski definition) is 8. The van der Waals surface area contributed by atoms with Gasteiger partial charge in [0.1, 0.15) is 47.0 Å². The van der Waals surface area contributed by atoms with Crippen molar-refractivity contribution < 1.29 is 14.3 Å². The summed E-state index contributed by atoms with van der Waals surface area (Å²) in [4.78, 5) is 12.3. The van der Waals surface area contributed by atoms with Crippen LogP contribution in [0.1, 0.15) is 58.3 Å². The van der Waals surface area contributed by atoms with Gasteiger partial charge in [0.15, 0.2) is 5.57 Å². The van der Waals surface area contributed by atoms with Gasteiger partial charge in [-0.25, -0.2) is 9.48 Å². The van der Waals surface area contributed by atoms with Crippen LogP contribution in [0.4, 0.5) is 5.82 Å². The second-order valence-electron chi connectivity index (χ2n) is 7.08. The Morgan fingerprint density at radius 2 is 1.89 bits per heavy atom. The van der Waals surface area contributed by atoms with E-state index < -0.39 is 17.6 Å². The topological polar surface area (TPSA) is 151 Å². The lowest BCUT2D eigenvalue weighted by atomic mass is 10.1. The van der Waals surface area contributed by atoms with E-state index in [9.17, 15) is 10.1 Å². The van der Waals surface area contributed by atoms with E-state index in [4.69, 9.17) is 25.7 Å². The van der Waals surface area contributed by atoms with Gasteiger partial charge >= 0.3 is 5.97 Å². The zero-order valence-corrected chi connectivity index (χ0v) is 16.7. The van der Waals surface area contributed by atoms with Gasteiger partial charge < -0.3 is 15.2 Å². The summed E-state index contributed by atoms with van der Waals surface area (Å²) in [6.07, 6.45) is 0.857. The van der Waals surface area contributed by atoms with Crippen LogP contribution in [0.15, 0.2) is 11.3 Å². The average molecular weight is 384 g/mol. The molecule has 0 fully saturated rings. The van der Waals surface area contributed by atoms with Gasteiger partial charge in [-0.1, -0.05) is 0 Å². The van der Waals surface area contributed by atoms with Crippen molar-refractivity contribution in [2.75, 3.05) is 12.3 Å². The second kappa shape index (κ2) is 9.43. The number of anilines is 1. The van der Waals surface area contributed by atoms with Crippen LogP contribution in [0, 0.1) is 34.0 Å². The van der Waals surface area contributed by atoms with Gasteiger partial charge in [-0.05, 0) is 47.5 Å². The molecule has 1 rings (SSSR count). The van der Waals surface area contributed by atoms with E-state index in [-0.39, 0.29) is 29.3 Å². The highest BCUT2D eigenvalue weighted by Crippen LogP contribution is 2.23. The maximum Gasteiger partial charge on any atom is 0.331 e. The Balaban J connectivity index is 2.88. The molecule has 1 unspecified atom stereocenters. The molecule has 1 atom stereocenters. The van der Waals surface area contributed by atoms with Crippen molar-refractivity contribution in [3.63, 3.8) is 0 Å². The van der Waals surface area contributed by atoms with Gasteiger partial charge in [0.2, 0.25) is 0 Å². The van der Waals surface area contributed by atoms with Crippen LogP contribution in [0.3, 0.4) is 0 Å². The molecule has 0 radical (unpaired) electrons. The van der Waals surface area contributed by atoms with Crippen molar-refractivity contribution in [2.24, 2.45) is 0 Å². The van der Waals surface area contributed by atoms with Crippen molar-refractivity contribution >= 4 is 11.8 Å². The van der Waals surface area contributed by atoms with Gasteiger partial charge in [0.25, 0.3) is 0 Å². The Bertz CT molecular complexity index is 871. The van der Waals surface area contributed by atoms with E-state index >= 15 is 0 Å². The summed E-state index contributed by atoms with van der Waals surface area (Å²) >= 11 is 0. The molecule has 1 aromatic rings. The number of carbonyl (C=O) groups excluding carboxylic acids is 1. The first kappa shape index (κ1) is 22.5. The maximum absolute atomic E-state index is 12.3. The van der Waals surface area contributed by atoms with E-state index in [2.05, 4.69) is 5.10 Å². The van der Waals surface area contributed by atoms with Crippen molar-refractivity contribution in [1.82, 2.24) is 9.78 Å². The number of nitrogens with two attached hydrogens (primary N) is 1. The highest BCUT2D eigenvalue weighted by Gasteiger charge is 2.27. The fourth-order valence-electron chi connectivity index (χ4n) is 2.29. The molecule has 0 saturated heterocycles. The Kier molecular flexibility index (Phi) is 7.59. The molecule has 0 spiro atoms. The standard InChI is InChI=1S/C19H24N6O3/c1-12(18(26)28-19(3,4)5)25-17(23)15(11-22)16(24-25)7-6-8-27-13(2)14(9-20)10-21/h12H,6-8,23H2,1-5H3.